The fourth-order valence-corrected chi connectivity index (χ4v) is 3.65. The Bertz CT molecular complexity index is 1060. The van der Waals surface area contributed by atoms with Gasteiger partial charge in [0.25, 0.3) is 0 Å². The number of rotatable bonds is 5. The molecule has 3 aromatic rings. The first-order chi connectivity index (χ1) is 15.4. The second-order valence-corrected chi connectivity index (χ2v) is 7.46. The standard InChI is InChI=1S/C23H21F3N4O2/c24-23(25,26)20-4-1-11-28-21(20)30-14-2-3-16(15-30)22(31)29-17-5-7-18(8-6-17)32-19-9-12-27-13-10-19/h1,4-13,16H,2-3,14-15H2,(H,29,31). The number of nitrogens with one attached hydrogen (secondary N) is 1. The second-order valence-electron chi connectivity index (χ2n) is 7.46. The first kappa shape index (κ1) is 21.6. The molecule has 4 rings (SSSR count). The molecule has 3 heterocycles. The highest BCUT2D eigenvalue weighted by Gasteiger charge is 2.37. The predicted molar refractivity (Wildman–Crippen MR) is 114 cm³/mol. The largest absolute Gasteiger partial charge is 0.457 e. The number of alkyl halides is 3. The Kier molecular flexibility index (Phi) is 6.25. The Morgan fingerprint density at radius 1 is 1.03 bits per heavy atom. The number of nitrogens with zero attached hydrogens (tertiary/aromatic N) is 3. The van der Waals surface area contributed by atoms with Gasteiger partial charge in [0.2, 0.25) is 5.91 Å². The highest BCUT2D eigenvalue weighted by molar-refractivity contribution is 5.93. The van der Waals surface area contributed by atoms with Crippen LogP contribution in [0.1, 0.15) is 18.4 Å². The van der Waals surface area contributed by atoms with Crippen molar-refractivity contribution >= 4 is 17.4 Å². The molecule has 166 valence electrons. The van der Waals surface area contributed by atoms with Gasteiger partial charge in [0, 0.05) is 37.4 Å². The van der Waals surface area contributed by atoms with Gasteiger partial charge < -0.3 is 15.0 Å². The van der Waals surface area contributed by atoms with E-state index in [2.05, 4.69) is 15.3 Å². The third kappa shape index (κ3) is 5.16. The van der Waals surface area contributed by atoms with Crippen LogP contribution < -0.4 is 15.0 Å². The third-order valence-electron chi connectivity index (χ3n) is 5.19. The molecular formula is C23H21F3N4O2. The number of carbonyl (C=O) groups is 1. The summed E-state index contributed by atoms with van der Waals surface area (Å²) < 4.78 is 45.8. The lowest BCUT2D eigenvalue weighted by molar-refractivity contribution is -0.137. The van der Waals surface area contributed by atoms with Crippen LogP contribution in [-0.2, 0) is 11.0 Å². The third-order valence-corrected chi connectivity index (χ3v) is 5.19. The number of carbonyl (C=O) groups excluding carboxylic acids is 1. The van der Waals surface area contributed by atoms with Crippen molar-refractivity contribution in [3.63, 3.8) is 0 Å². The van der Waals surface area contributed by atoms with Gasteiger partial charge in [-0.2, -0.15) is 13.2 Å². The van der Waals surface area contributed by atoms with Gasteiger partial charge in [0.05, 0.1) is 11.5 Å². The zero-order chi connectivity index (χ0) is 22.6. The molecule has 0 bridgehead atoms. The maximum Gasteiger partial charge on any atom is 0.419 e. The molecule has 1 unspecified atom stereocenters. The molecule has 0 aliphatic carbocycles. The number of anilines is 2. The molecule has 0 spiro atoms. The van der Waals surface area contributed by atoms with Crippen LogP contribution in [0.25, 0.3) is 0 Å². The Labute approximate surface area is 183 Å². The SMILES string of the molecule is O=C(Nc1ccc(Oc2ccncc2)cc1)C1CCCN(c2ncccc2C(F)(F)F)C1. The van der Waals surface area contributed by atoms with Crippen molar-refractivity contribution in [2.45, 2.75) is 19.0 Å². The molecule has 1 amide bonds. The number of piperidine rings is 1. The van der Waals surface area contributed by atoms with Crippen molar-refractivity contribution in [2.75, 3.05) is 23.3 Å². The molecule has 32 heavy (non-hydrogen) atoms. The molecule has 1 atom stereocenters. The summed E-state index contributed by atoms with van der Waals surface area (Å²) in [5, 5.41) is 2.85. The van der Waals surface area contributed by atoms with Gasteiger partial charge in [-0.25, -0.2) is 4.98 Å². The highest BCUT2D eigenvalue weighted by atomic mass is 19.4. The molecular weight excluding hydrogens is 421 g/mol. The van der Waals surface area contributed by atoms with Gasteiger partial charge in [0.15, 0.2) is 0 Å². The average molecular weight is 442 g/mol. The lowest BCUT2D eigenvalue weighted by Crippen LogP contribution is -2.41. The molecule has 0 saturated carbocycles. The van der Waals surface area contributed by atoms with E-state index in [4.69, 9.17) is 4.74 Å². The summed E-state index contributed by atoms with van der Waals surface area (Å²) in [6.07, 6.45) is 1.28. The minimum atomic E-state index is -4.50. The molecule has 1 N–H and O–H groups in total. The predicted octanol–water partition coefficient (Wildman–Crippen LogP) is 5.14. The minimum absolute atomic E-state index is 0.130. The van der Waals surface area contributed by atoms with Gasteiger partial charge in [-0.3, -0.25) is 9.78 Å². The molecule has 1 aliphatic rings. The fourth-order valence-electron chi connectivity index (χ4n) is 3.65. The first-order valence-electron chi connectivity index (χ1n) is 10.2. The Balaban J connectivity index is 1.40. The van der Waals surface area contributed by atoms with Gasteiger partial charge in [0.1, 0.15) is 17.3 Å². The summed E-state index contributed by atoms with van der Waals surface area (Å²) >= 11 is 0. The van der Waals surface area contributed by atoms with E-state index in [1.807, 2.05) is 0 Å². The monoisotopic (exact) mass is 442 g/mol. The van der Waals surface area contributed by atoms with E-state index in [1.165, 1.54) is 12.3 Å². The average Bonchev–Trinajstić information content (AvgIpc) is 2.80. The molecule has 1 fully saturated rings. The van der Waals surface area contributed by atoms with Crippen molar-refractivity contribution < 1.29 is 22.7 Å². The number of hydrogen-bond donors (Lipinski definition) is 1. The number of benzene rings is 1. The van der Waals surface area contributed by atoms with E-state index in [1.54, 1.807) is 53.7 Å². The zero-order valence-electron chi connectivity index (χ0n) is 17.0. The smallest absolute Gasteiger partial charge is 0.419 e. The van der Waals surface area contributed by atoms with Gasteiger partial charge in [-0.1, -0.05) is 0 Å². The van der Waals surface area contributed by atoms with Crippen molar-refractivity contribution in [3.05, 3.63) is 72.7 Å². The van der Waals surface area contributed by atoms with Crippen LogP contribution in [-0.4, -0.2) is 29.0 Å². The van der Waals surface area contributed by atoms with E-state index < -0.39 is 17.7 Å². The van der Waals surface area contributed by atoms with Crippen LogP contribution in [0.5, 0.6) is 11.5 Å². The normalized spacial score (nSPS) is 16.5. The molecule has 6 nitrogen and oxygen atoms in total. The van der Waals surface area contributed by atoms with Crippen LogP contribution in [0.2, 0.25) is 0 Å². The Morgan fingerprint density at radius 2 is 1.75 bits per heavy atom. The lowest BCUT2D eigenvalue weighted by Gasteiger charge is -2.34. The van der Waals surface area contributed by atoms with E-state index in [-0.39, 0.29) is 18.3 Å². The molecule has 2 aromatic heterocycles. The van der Waals surface area contributed by atoms with Crippen molar-refractivity contribution in [1.29, 1.82) is 0 Å². The van der Waals surface area contributed by atoms with Crippen molar-refractivity contribution in [3.8, 4) is 11.5 Å². The first-order valence-corrected chi connectivity index (χ1v) is 10.2. The summed E-state index contributed by atoms with van der Waals surface area (Å²) in [6, 6.07) is 12.6. The molecule has 1 aliphatic heterocycles. The van der Waals surface area contributed by atoms with E-state index in [0.29, 0.717) is 36.6 Å². The molecule has 9 heteroatoms. The minimum Gasteiger partial charge on any atom is -0.457 e. The van der Waals surface area contributed by atoms with E-state index in [0.717, 1.165) is 6.07 Å². The van der Waals surface area contributed by atoms with Gasteiger partial charge >= 0.3 is 6.18 Å². The maximum atomic E-state index is 13.4. The van der Waals surface area contributed by atoms with Crippen molar-refractivity contribution in [2.24, 2.45) is 5.92 Å². The molecule has 1 aromatic carbocycles. The van der Waals surface area contributed by atoms with Crippen LogP contribution in [0, 0.1) is 5.92 Å². The molecule has 1 saturated heterocycles. The highest BCUT2D eigenvalue weighted by Crippen LogP contribution is 2.36. The van der Waals surface area contributed by atoms with Crippen molar-refractivity contribution in [1.82, 2.24) is 9.97 Å². The van der Waals surface area contributed by atoms with Crippen LogP contribution in [0.15, 0.2) is 67.1 Å². The lowest BCUT2D eigenvalue weighted by atomic mass is 9.96. The summed E-state index contributed by atoms with van der Waals surface area (Å²) in [7, 11) is 0. The zero-order valence-corrected chi connectivity index (χ0v) is 17.0. The summed E-state index contributed by atoms with van der Waals surface area (Å²) in [5.74, 6) is 0.441. The Hall–Kier alpha value is -3.62. The molecule has 0 radical (unpaired) electrons. The number of amides is 1. The van der Waals surface area contributed by atoms with E-state index >= 15 is 0 Å². The fraction of sp³-hybridized carbons (Fsp3) is 0.261. The summed E-state index contributed by atoms with van der Waals surface area (Å²) in [5.41, 5.74) is -0.200. The Morgan fingerprint density at radius 3 is 2.47 bits per heavy atom. The van der Waals surface area contributed by atoms with Crippen LogP contribution >= 0.6 is 0 Å². The maximum absolute atomic E-state index is 13.4. The number of pyridine rings is 2. The quantitative estimate of drug-likeness (QED) is 0.593. The number of halogens is 3. The summed E-state index contributed by atoms with van der Waals surface area (Å²) in [6.45, 7) is 0.597. The van der Waals surface area contributed by atoms with Crippen LogP contribution in [0.4, 0.5) is 24.7 Å². The van der Waals surface area contributed by atoms with Crippen LogP contribution in [0.3, 0.4) is 0 Å². The van der Waals surface area contributed by atoms with Gasteiger partial charge in [-0.15, -0.1) is 0 Å². The number of aromatic nitrogens is 2. The number of hydrogen-bond acceptors (Lipinski definition) is 5. The van der Waals surface area contributed by atoms with Gasteiger partial charge in [-0.05, 0) is 61.4 Å². The number of ether oxygens (including phenoxy) is 1. The second kappa shape index (κ2) is 9.25. The summed E-state index contributed by atoms with van der Waals surface area (Å²) in [4.78, 5) is 22.2. The topological polar surface area (TPSA) is 67.3 Å². The van der Waals surface area contributed by atoms with E-state index in [9.17, 15) is 18.0 Å².